The normalized spacial score (nSPS) is 11.3. The van der Waals surface area contributed by atoms with Crippen molar-refractivity contribution < 1.29 is 18.0 Å². The predicted octanol–water partition coefficient (Wildman–Crippen LogP) is 4.42. The van der Waals surface area contributed by atoms with Crippen LogP contribution in [0.3, 0.4) is 0 Å². The number of thioether (sulfide) groups is 1. The Kier molecular flexibility index (Phi) is 5.71. The third-order valence-corrected chi connectivity index (χ3v) is 4.37. The Bertz CT molecular complexity index is 686. The molecule has 0 saturated heterocycles. The van der Waals surface area contributed by atoms with E-state index in [0.717, 1.165) is 22.6 Å². The third kappa shape index (κ3) is 5.32. The topological polar surface area (TPSA) is 29.1 Å². The van der Waals surface area contributed by atoms with E-state index in [2.05, 4.69) is 5.32 Å². The molecule has 0 spiro atoms. The van der Waals surface area contributed by atoms with Crippen LogP contribution in [0.1, 0.15) is 16.7 Å². The van der Waals surface area contributed by atoms with Crippen LogP contribution in [0.2, 0.25) is 0 Å². The molecule has 0 aliphatic rings. The second kappa shape index (κ2) is 7.55. The Morgan fingerprint density at radius 3 is 2.57 bits per heavy atom. The lowest BCUT2D eigenvalue weighted by Crippen LogP contribution is -2.24. The van der Waals surface area contributed by atoms with Gasteiger partial charge in [-0.2, -0.15) is 13.2 Å². The Morgan fingerprint density at radius 1 is 1.13 bits per heavy atom. The van der Waals surface area contributed by atoms with Crippen LogP contribution in [-0.2, 0) is 17.5 Å². The highest BCUT2D eigenvalue weighted by molar-refractivity contribution is 8.00. The lowest BCUT2D eigenvalue weighted by molar-refractivity contribution is -0.137. The van der Waals surface area contributed by atoms with Crippen LogP contribution in [0.4, 0.5) is 13.2 Å². The summed E-state index contributed by atoms with van der Waals surface area (Å²) >= 11 is 1.41. The number of nitrogens with one attached hydrogen (secondary N) is 1. The monoisotopic (exact) mass is 339 g/mol. The molecule has 0 radical (unpaired) electrons. The number of amides is 1. The lowest BCUT2D eigenvalue weighted by atomic mass is 10.1. The van der Waals surface area contributed by atoms with Crippen molar-refractivity contribution in [2.75, 3.05) is 5.75 Å². The van der Waals surface area contributed by atoms with Crippen LogP contribution < -0.4 is 5.32 Å². The van der Waals surface area contributed by atoms with Crippen molar-refractivity contribution in [2.45, 2.75) is 24.5 Å². The number of carbonyl (C=O) groups is 1. The molecule has 0 aliphatic carbocycles. The van der Waals surface area contributed by atoms with Crippen molar-refractivity contribution in [1.29, 1.82) is 0 Å². The molecule has 2 nitrogen and oxygen atoms in total. The molecule has 0 fully saturated rings. The predicted molar refractivity (Wildman–Crippen MR) is 85.2 cm³/mol. The fourth-order valence-corrected chi connectivity index (χ4v) is 2.83. The van der Waals surface area contributed by atoms with Gasteiger partial charge in [0.25, 0.3) is 0 Å². The van der Waals surface area contributed by atoms with Crippen LogP contribution in [0.5, 0.6) is 0 Å². The highest BCUT2D eigenvalue weighted by Crippen LogP contribution is 2.29. The molecule has 6 heteroatoms. The molecule has 0 heterocycles. The van der Waals surface area contributed by atoms with Gasteiger partial charge >= 0.3 is 6.18 Å². The Hall–Kier alpha value is -1.95. The van der Waals surface area contributed by atoms with Gasteiger partial charge in [-0.15, -0.1) is 11.8 Å². The fourth-order valence-electron chi connectivity index (χ4n) is 1.97. The average molecular weight is 339 g/mol. The zero-order valence-electron chi connectivity index (χ0n) is 12.5. The summed E-state index contributed by atoms with van der Waals surface area (Å²) in [6.45, 7) is 2.04. The number of hydrogen-bond acceptors (Lipinski definition) is 2. The van der Waals surface area contributed by atoms with Gasteiger partial charge in [0.2, 0.25) is 5.91 Å². The molecular weight excluding hydrogens is 323 g/mol. The van der Waals surface area contributed by atoms with E-state index in [4.69, 9.17) is 0 Å². The van der Waals surface area contributed by atoms with E-state index in [-0.39, 0.29) is 18.2 Å². The van der Waals surface area contributed by atoms with E-state index in [1.165, 1.54) is 17.8 Å². The van der Waals surface area contributed by atoms with Crippen molar-refractivity contribution in [3.8, 4) is 0 Å². The number of hydrogen-bond donors (Lipinski definition) is 1. The number of carbonyl (C=O) groups excluding carboxylic acids is 1. The molecule has 2 rings (SSSR count). The summed E-state index contributed by atoms with van der Waals surface area (Å²) in [4.78, 5) is 12.8. The Balaban J connectivity index is 1.86. The number of aryl methyl sites for hydroxylation is 1. The maximum atomic E-state index is 12.6. The lowest BCUT2D eigenvalue weighted by Gasteiger charge is -2.10. The first-order chi connectivity index (χ1) is 10.9. The van der Waals surface area contributed by atoms with Crippen molar-refractivity contribution in [2.24, 2.45) is 0 Å². The second-order valence-electron chi connectivity index (χ2n) is 5.03. The van der Waals surface area contributed by atoms with Gasteiger partial charge in [0.1, 0.15) is 0 Å². The summed E-state index contributed by atoms with van der Waals surface area (Å²) in [7, 11) is 0. The third-order valence-electron chi connectivity index (χ3n) is 3.20. The minimum atomic E-state index is -4.37. The fraction of sp³-hybridized carbons (Fsp3) is 0.235. The van der Waals surface area contributed by atoms with E-state index in [0.29, 0.717) is 5.56 Å². The highest BCUT2D eigenvalue weighted by Gasteiger charge is 2.30. The molecular formula is C17H16F3NOS. The minimum absolute atomic E-state index is 0.0804. The number of halogens is 3. The molecule has 0 bridgehead atoms. The highest BCUT2D eigenvalue weighted by atomic mass is 32.2. The largest absolute Gasteiger partial charge is 0.416 e. The maximum absolute atomic E-state index is 12.6. The number of rotatable bonds is 5. The van der Waals surface area contributed by atoms with Crippen molar-refractivity contribution >= 4 is 17.7 Å². The first-order valence-corrected chi connectivity index (χ1v) is 7.96. The molecule has 2 aromatic carbocycles. The van der Waals surface area contributed by atoms with Gasteiger partial charge in [-0.3, -0.25) is 4.79 Å². The second-order valence-corrected chi connectivity index (χ2v) is 6.05. The van der Waals surface area contributed by atoms with E-state index in [1.54, 1.807) is 6.07 Å². The molecule has 122 valence electrons. The standard InChI is InChI=1S/C17H16F3NOS/c1-12-5-2-3-8-15(12)23-11-16(22)21-10-13-6-4-7-14(9-13)17(18,19)20/h2-9H,10-11H2,1H3,(H,21,22). The van der Waals surface area contributed by atoms with Crippen molar-refractivity contribution in [3.05, 3.63) is 65.2 Å². The van der Waals surface area contributed by atoms with Gasteiger partial charge in [0.05, 0.1) is 11.3 Å². The molecule has 2 aromatic rings. The molecule has 0 aliphatic heterocycles. The molecule has 1 N–H and O–H groups in total. The minimum Gasteiger partial charge on any atom is -0.351 e. The van der Waals surface area contributed by atoms with Crippen LogP contribution in [0, 0.1) is 6.92 Å². The van der Waals surface area contributed by atoms with Crippen molar-refractivity contribution in [3.63, 3.8) is 0 Å². The first-order valence-electron chi connectivity index (χ1n) is 6.97. The van der Waals surface area contributed by atoms with E-state index in [1.807, 2.05) is 31.2 Å². The number of alkyl halides is 3. The van der Waals surface area contributed by atoms with Gasteiger partial charge < -0.3 is 5.32 Å². The summed E-state index contributed by atoms with van der Waals surface area (Å²) in [5.41, 5.74) is 0.802. The van der Waals surface area contributed by atoms with E-state index in [9.17, 15) is 18.0 Å². The maximum Gasteiger partial charge on any atom is 0.416 e. The molecule has 0 unspecified atom stereocenters. The van der Waals surface area contributed by atoms with Crippen molar-refractivity contribution in [1.82, 2.24) is 5.32 Å². The number of benzene rings is 2. The van der Waals surface area contributed by atoms with Gasteiger partial charge in [-0.1, -0.05) is 30.3 Å². The Morgan fingerprint density at radius 2 is 1.87 bits per heavy atom. The molecule has 0 saturated carbocycles. The quantitative estimate of drug-likeness (QED) is 0.817. The smallest absolute Gasteiger partial charge is 0.351 e. The van der Waals surface area contributed by atoms with Gasteiger partial charge in [-0.05, 0) is 36.2 Å². The summed E-state index contributed by atoms with van der Waals surface area (Å²) in [5, 5.41) is 2.64. The zero-order valence-corrected chi connectivity index (χ0v) is 13.3. The van der Waals surface area contributed by atoms with Gasteiger partial charge in [0.15, 0.2) is 0 Å². The molecule has 0 atom stereocenters. The molecule has 1 amide bonds. The molecule has 0 aromatic heterocycles. The van der Waals surface area contributed by atoms with Crippen LogP contribution >= 0.6 is 11.8 Å². The van der Waals surface area contributed by atoms with Crippen LogP contribution in [0.25, 0.3) is 0 Å². The Labute approximate surface area is 137 Å². The summed E-state index contributed by atoms with van der Waals surface area (Å²) in [5.74, 6) is 0.0137. The average Bonchev–Trinajstić information content (AvgIpc) is 2.51. The SMILES string of the molecule is Cc1ccccc1SCC(=O)NCc1cccc(C(F)(F)F)c1. The van der Waals surface area contributed by atoms with Crippen LogP contribution in [0.15, 0.2) is 53.4 Å². The zero-order chi connectivity index (χ0) is 16.9. The van der Waals surface area contributed by atoms with Gasteiger partial charge in [0, 0.05) is 11.4 Å². The first kappa shape index (κ1) is 17.4. The van der Waals surface area contributed by atoms with Crippen LogP contribution in [-0.4, -0.2) is 11.7 Å². The van der Waals surface area contributed by atoms with Gasteiger partial charge in [-0.25, -0.2) is 0 Å². The van der Waals surface area contributed by atoms with E-state index < -0.39 is 11.7 Å². The van der Waals surface area contributed by atoms with E-state index >= 15 is 0 Å². The summed E-state index contributed by atoms with van der Waals surface area (Å²) in [6.07, 6.45) is -4.37. The summed E-state index contributed by atoms with van der Waals surface area (Å²) < 4.78 is 37.9. The molecule has 23 heavy (non-hydrogen) atoms. The summed E-state index contributed by atoms with van der Waals surface area (Å²) in [6, 6.07) is 12.7.